The van der Waals surface area contributed by atoms with Crippen LogP contribution in [0.25, 0.3) is 0 Å². The Kier molecular flexibility index (Phi) is 7.47. The maximum atomic E-state index is 12.6. The molecule has 0 N–H and O–H groups in total. The largest absolute Gasteiger partial charge is 0.493 e. The third kappa shape index (κ3) is 5.60. The summed E-state index contributed by atoms with van der Waals surface area (Å²) in [6.45, 7) is 6.27. The molecule has 0 atom stereocenters. The molecule has 1 aromatic rings. The van der Waals surface area contributed by atoms with Crippen molar-refractivity contribution in [3.05, 3.63) is 23.8 Å². The van der Waals surface area contributed by atoms with Crippen LogP contribution in [0, 0.1) is 0 Å². The van der Waals surface area contributed by atoms with Gasteiger partial charge in [0.05, 0.1) is 14.2 Å². The molecule has 0 spiro atoms. The van der Waals surface area contributed by atoms with Crippen LogP contribution >= 0.6 is 0 Å². The first-order chi connectivity index (χ1) is 12.8. The number of likely N-dealkylation sites (N-methyl/N-ethyl adjacent to an activating group) is 1. The van der Waals surface area contributed by atoms with Crippen LogP contribution in [0.3, 0.4) is 0 Å². The number of hydrogen-bond acceptors (Lipinski definition) is 6. The van der Waals surface area contributed by atoms with E-state index in [0.29, 0.717) is 23.1 Å². The van der Waals surface area contributed by atoms with Crippen LogP contribution in [0.1, 0.15) is 37.0 Å². The fourth-order valence-corrected chi connectivity index (χ4v) is 3.14. The predicted octanol–water partition coefficient (Wildman–Crippen LogP) is 2.19. The monoisotopic (exact) mass is 378 g/mol. The lowest BCUT2D eigenvalue weighted by Crippen LogP contribution is -2.41. The number of carbonyl (C=O) groups is 2. The van der Waals surface area contributed by atoms with Crippen molar-refractivity contribution in [3.8, 4) is 11.5 Å². The lowest BCUT2D eigenvalue weighted by molar-refractivity contribution is -0.141. The normalized spacial score (nSPS) is 15.5. The Labute approximate surface area is 161 Å². The lowest BCUT2D eigenvalue weighted by atomic mass is 10.1. The van der Waals surface area contributed by atoms with Crippen molar-refractivity contribution >= 4 is 11.9 Å². The van der Waals surface area contributed by atoms with E-state index in [0.717, 1.165) is 25.9 Å². The highest BCUT2D eigenvalue weighted by molar-refractivity contribution is 5.96. The van der Waals surface area contributed by atoms with Crippen LogP contribution in [0.4, 0.5) is 0 Å². The summed E-state index contributed by atoms with van der Waals surface area (Å²) in [6, 6.07) is 5.61. The third-order valence-electron chi connectivity index (χ3n) is 4.85. The molecule has 1 aromatic carbocycles. The summed E-state index contributed by atoms with van der Waals surface area (Å²) in [4.78, 5) is 27.7. The van der Waals surface area contributed by atoms with Crippen molar-refractivity contribution in [1.29, 1.82) is 0 Å². The van der Waals surface area contributed by atoms with Gasteiger partial charge in [-0.3, -0.25) is 9.59 Å². The average molecular weight is 378 g/mol. The fraction of sp³-hybridized carbons (Fsp3) is 0.600. The molecule has 1 fully saturated rings. The quantitative estimate of drug-likeness (QED) is 0.678. The topological polar surface area (TPSA) is 68.3 Å². The molecule has 1 aliphatic heterocycles. The summed E-state index contributed by atoms with van der Waals surface area (Å²) in [5.41, 5.74) is 0.441. The summed E-state index contributed by atoms with van der Waals surface area (Å²) in [7, 11) is 4.44. The standard InChI is InChI=1S/C20H30N2O5/c1-14(2)22-10-8-16(9-11-22)27-18-12-15(6-7-17(18)25-4)20(24)21(3)13-19(23)26-5/h6-7,12,14,16H,8-11,13H2,1-5H3. The molecule has 0 bridgehead atoms. The minimum absolute atomic E-state index is 0.0899. The molecule has 7 heteroatoms. The maximum absolute atomic E-state index is 12.6. The van der Waals surface area contributed by atoms with Gasteiger partial charge < -0.3 is 24.0 Å². The Morgan fingerprint density at radius 3 is 2.41 bits per heavy atom. The van der Waals surface area contributed by atoms with Crippen molar-refractivity contribution in [2.75, 3.05) is 40.9 Å². The van der Waals surface area contributed by atoms with Gasteiger partial charge in [-0.05, 0) is 44.9 Å². The van der Waals surface area contributed by atoms with Gasteiger partial charge in [0.15, 0.2) is 11.5 Å². The highest BCUT2D eigenvalue weighted by Crippen LogP contribution is 2.31. The Bertz CT molecular complexity index is 654. The molecule has 27 heavy (non-hydrogen) atoms. The van der Waals surface area contributed by atoms with Gasteiger partial charge in [0, 0.05) is 31.7 Å². The van der Waals surface area contributed by atoms with Gasteiger partial charge >= 0.3 is 5.97 Å². The van der Waals surface area contributed by atoms with Gasteiger partial charge in [-0.2, -0.15) is 0 Å². The molecule has 1 aliphatic rings. The molecule has 0 aromatic heterocycles. The van der Waals surface area contributed by atoms with Gasteiger partial charge in [0.2, 0.25) is 0 Å². The van der Waals surface area contributed by atoms with Gasteiger partial charge in [-0.1, -0.05) is 0 Å². The zero-order chi connectivity index (χ0) is 20.0. The first kappa shape index (κ1) is 21.0. The van der Waals surface area contributed by atoms with Crippen molar-refractivity contribution < 1.29 is 23.8 Å². The highest BCUT2D eigenvalue weighted by Gasteiger charge is 2.24. The molecule has 0 saturated carbocycles. The molecule has 7 nitrogen and oxygen atoms in total. The molecule has 2 rings (SSSR count). The number of esters is 1. The van der Waals surface area contributed by atoms with Crippen molar-refractivity contribution in [1.82, 2.24) is 9.80 Å². The van der Waals surface area contributed by atoms with E-state index in [1.165, 1.54) is 12.0 Å². The number of methoxy groups -OCH3 is 2. The van der Waals surface area contributed by atoms with Gasteiger partial charge in [0.25, 0.3) is 5.91 Å². The number of amides is 1. The van der Waals surface area contributed by atoms with Crippen LogP contribution in [-0.4, -0.2) is 74.7 Å². The van der Waals surface area contributed by atoms with Gasteiger partial charge in [0.1, 0.15) is 12.6 Å². The Balaban J connectivity index is 2.09. The number of benzene rings is 1. The number of piperidine rings is 1. The minimum atomic E-state index is -0.465. The molecule has 0 aliphatic carbocycles. The number of rotatable bonds is 7. The van der Waals surface area contributed by atoms with E-state index in [-0.39, 0.29) is 18.6 Å². The van der Waals surface area contributed by atoms with Crippen molar-refractivity contribution in [2.45, 2.75) is 38.8 Å². The van der Waals surface area contributed by atoms with Crippen LogP contribution in [0.2, 0.25) is 0 Å². The zero-order valence-corrected chi connectivity index (χ0v) is 16.9. The van der Waals surface area contributed by atoms with Gasteiger partial charge in [-0.15, -0.1) is 0 Å². The first-order valence-corrected chi connectivity index (χ1v) is 9.26. The third-order valence-corrected chi connectivity index (χ3v) is 4.85. The second kappa shape index (κ2) is 9.60. The lowest BCUT2D eigenvalue weighted by Gasteiger charge is -2.34. The van der Waals surface area contributed by atoms with E-state index >= 15 is 0 Å². The number of ether oxygens (including phenoxy) is 3. The van der Waals surface area contributed by atoms with E-state index in [9.17, 15) is 9.59 Å². The summed E-state index contributed by atoms with van der Waals surface area (Å²) in [5.74, 6) is 0.404. The summed E-state index contributed by atoms with van der Waals surface area (Å²) >= 11 is 0. The Hall–Kier alpha value is -2.28. The van der Waals surface area contributed by atoms with E-state index in [4.69, 9.17) is 9.47 Å². The summed E-state index contributed by atoms with van der Waals surface area (Å²) in [6.07, 6.45) is 1.95. The number of carbonyl (C=O) groups excluding carboxylic acids is 2. The summed E-state index contributed by atoms with van der Waals surface area (Å²) in [5, 5.41) is 0. The zero-order valence-electron chi connectivity index (χ0n) is 16.9. The van der Waals surface area contributed by atoms with Crippen LogP contribution in [-0.2, 0) is 9.53 Å². The minimum Gasteiger partial charge on any atom is -0.493 e. The highest BCUT2D eigenvalue weighted by atomic mass is 16.5. The fourth-order valence-electron chi connectivity index (χ4n) is 3.14. The molecule has 1 saturated heterocycles. The van der Waals surface area contributed by atoms with E-state index in [1.54, 1.807) is 32.4 Å². The Morgan fingerprint density at radius 2 is 1.85 bits per heavy atom. The number of likely N-dealkylation sites (tertiary alicyclic amines) is 1. The number of nitrogens with zero attached hydrogens (tertiary/aromatic N) is 2. The molecule has 1 amide bonds. The summed E-state index contributed by atoms with van der Waals surface area (Å²) < 4.78 is 16.2. The van der Waals surface area contributed by atoms with Crippen molar-refractivity contribution in [3.63, 3.8) is 0 Å². The first-order valence-electron chi connectivity index (χ1n) is 9.26. The molecular formula is C20H30N2O5. The second-order valence-electron chi connectivity index (χ2n) is 7.05. The molecule has 150 valence electrons. The average Bonchev–Trinajstić information content (AvgIpc) is 2.67. The van der Waals surface area contributed by atoms with Crippen molar-refractivity contribution in [2.24, 2.45) is 0 Å². The molecule has 1 heterocycles. The smallest absolute Gasteiger partial charge is 0.325 e. The van der Waals surface area contributed by atoms with E-state index in [1.807, 2.05) is 0 Å². The second-order valence-corrected chi connectivity index (χ2v) is 7.05. The Morgan fingerprint density at radius 1 is 1.19 bits per heavy atom. The molecule has 0 radical (unpaired) electrons. The predicted molar refractivity (Wildman–Crippen MR) is 102 cm³/mol. The van der Waals surface area contributed by atoms with Crippen LogP contribution in [0.5, 0.6) is 11.5 Å². The van der Waals surface area contributed by atoms with Crippen LogP contribution < -0.4 is 9.47 Å². The van der Waals surface area contributed by atoms with E-state index < -0.39 is 5.97 Å². The molecular weight excluding hydrogens is 348 g/mol. The SMILES string of the molecule is COC(=O)CN(C)C(=O)c1ccc(OC)c(OC2CCN(C(C)C)CC2)c1. The molecule has 0 unspecified atom stereocenters. The van der Waals surface area contributed by atoms with Gasteiger partial charge in [-0.25, -0.2) is 0 Å². The number of hydrogen-bond donors (Lipinski definition) is 0. The van der Waals surface area contributed by atoms with E-state index in [2.05, 4.69) is 23.5 Å². The maximum Gasteiger partial charge on any atom is 0.325 e. The van der Waals surface area contributed by atoms with Crippen LogP contribution in [0.15, 0.2) is 18.2 Å².